The average Bonchev–Trinajstić information content (AvgIpc) is 2.24. The third-order valence-electron chi connectivity index (χ3n) is 0.362. The lowest BCUT2D eigenvalue weighted by molar-refractivity contribution is 0.399. The number of aliphatic hydroxyl groups excluding tert-OH is 1. The molecular weight excluding hydrogens is 146 g/mol. The van der Waals surface area contributed by atoms with Gasteiger partial charge >= 0.3 is 0 Å². The molecule has 8 heavy (non-hydrogen) atoms. The van der Waals surface area contributed by atoms with Crippen molar-refractivity contribution in [1.29, 1.82) is 0 Å². The predicted octanol–water partition coefficient (Wildman–Crippen LogP) is 1.21. The third-order valence-corrected chi connectivity index (χ3v) is 1.19. The van der Waals surface area contributed by atoms with Gasteiger partial charge < -0.3 is 5.11 Å². The number of aromatic nitrogens is 1. The van der Waals surface area contributed by atoms with Gasteiger partial charge in [-0.2, -0.15) is 0 Å². The van der Waals surface area contributed by atoms with E-state index in [0.29, 0.717) is 4.34 Å². The van der Waals surface area contributed by atoms with Crippen molar-refractivity contribution in [2.24, 2.45) is 0 Å². The van der Waals surface area contributed by atoms with Crippen molar-refractivity contribution in [2.75, 3.05) is 7.11 Å². The van der Waals surface area contributed by atoms with E-state index in [-0.39, 0.29) is 0 Å². The Balaban J connectivity index is 0.000000222. The summed E-state index contributed by atoms with van der Waals surface area (Å²) >= 11 is 6.69. The van der Waals surface area contributed by atoms with Crippen LogP contribution in [0.4, 0.5) is 0 Å². The summed E-state index contributed by atoms with van der Waals surface area (Å²) in [5, 5.41) is 7.00. The lowest BCUT2D eigenvalue weighted by Gasteiger charge is -1.59. The molecule has 0 spiro atoms. The van der Waals surface area contributed by atoms with Gasteiger partial charge in [-0.3, -0.25) is 0 Å². The Kier molecular flexibility index (Phi) is 4.95. The molecule has 4 heteroatoms. The molecule has 1 rings (SSSR count). The highest BCUT2D eigenvalue weighted by atomic mass is 35.5. The Bertz CT molecular complexity index is 120. The van der Waals surface area contributed by atoms with Crippen LogP contribution in [0, 0.1) is 5.51 Å². The first-order chi connectivity index (χ1) is 3.89. The maximum atomic E-state index is 7.00. The average molecular weight is 151 g/mol. The summed E-state index contributed by atoms with van der Waals surface area (Å²) in [5.41, 5.74) is 2.59. The molecule has 0 aliphatic carbocycles. The highest BCUT2D eigenvalue weighted by molar-refractivity contribution is 7.13. The van der Waals surface area contributed by atoms with Crippen LogP contribution in [0.2, 0.25) is 4.34 Å². The number of nitrogens with zero attached hydrogens (tertiary/aromatic N) is 1. The molecule has 0 bridgehead atoms. The third kappa shape index (κ3) is 2.96. The fraction of sp³-hybridized carbons (Fsp3) is 0.250. The van der Waals surface area contributed by atoms with Crippen LogP contribution in [0.1, 0.15) is 0 Å². The Labute approximate surface area is 56.8 Å². The molecule has 0 atom stereocenters. The first-order valence-corrected chi connectivity index (χ1v) is 3.01. The van der Waals surface area contributed by atoms with Gasteiger partial charge in [0.25, 0.3) is 0 Å². The number of halogens is 1. The van der Waals surface area contributed by atoms with Crippen molar-refractivity contribution < 1.29 is 5.11 Å². The van der Waals surface area contributed by atoms with Gasteiger partial charge in [0.15, 0.2) is 5.51 Å². The predicted molar refractivity (Wildman–Crippen MR) is 34.1 cm³/mol. The van der Waals surface area contributed by atoms with Gasteiger partial charge in [-0.15, -0.1) is 0 Å². The summed E-state index contributed by atoms with van der Waals surface area (Å²) in [6.07, 6.45) is 1.56. The van der Waals surface area contributed by atoms with Crippen LogP contribution >= 0.6 is 22.9 Å². The molecule has 2 nitrogen and oxygen atoms in total. The number of aliphatic hydroxyl groups is 1. The molecule has 45 valence electrons. The molecule has 1 heterocycles. The standard InChI is InChI=1S/C3HClNS.CH4O/c4-3-1-5-2-6-3;1-2/h1H;2H,1H3. The van der Waals surface area contributed by atoms with Crippen molar-refractivity contribution in [3.05, 3.63) is 16.0 Å². The summed E-state index contributed by atoms with van der Waals surface area (Å²) in [6.45, 7) is 0. The minimum atomic E-state index is 0.690. The number of thiazole rings is 1. The summed E-state index contributed by atoms with van der Waals surface area (Å²) in [5.74, 6) is 0. The van der Waals surface area contributed by atoms with E-state index in [1.807, 2.05) is 0 Å². The second-order valence-electron chi connectivity index (χ2n) is 0.756. The van der Waals surface area contributed by atoms with Crippen molar-refractivity contribution in [1.82, 2.24) is 4.98 Å². The molecule has 0 amide bonds. The van der Waals surface area contributed by atoms with Crippen molar-refractivity contribution >= 4 is 22.9 Å². The molecular formula is C4H5ClNOS. The number of rotatable bonds is 0. The van der Waals surface area contributed by atoms with Crippen LogP contribution in [-0.2, 0) is 0 Å². The van der Waals surface area contributed by atoms with Crippen LogP contribution in [-0.4, -0.2) is 17.2 Å². The van der Waals surface area contributed by atoms with E-state index in [2.05, 4.69) is 10.5 Å². The fourth-order valence-corrected chi connectivity index (χ4v) is 0.624. The van der Waals surface area contributed by atoms with Crippen LogP contribution in [0.3, 0.4) is 0 Å². The molecule has 1 radical (unpaired) electrons. The Morgan fingerprint density at radius 1 is 1.88 bits per heavy atom. The molecule has 0 fully saturated rings. The summed E-state index contributed by atoms with van der Waals surface area (Å²) in [4.78, 5) is 3.58. The minimum Gasteiger partial charge on any atom is -0.400 e. The topological polar surface area (TPSA) is 33.1 Å². The van der Waals surface area contributed by atoms with Gasteiger partial charge in [-0.05, 0) is 0 Å². The van der Waals surface area contributed by atoms with E-state index in [1.54, 1.807) is 6.20 Å². The maximum absolute atomic E-state index is 7.00. The van der Waals surface area contributed by atoms with Gasteiger partial charge in [0, 0.05) is 7.11 Å². The quantitative estimate of drug-likeness (QED) is 0.603. The van der Waals surface area contributed by atoms with E-state index < -0.39 is 0 Å². The molecule has 0 unspecified atom stereocenters. The molecule has 0 aliphatic heterocycles. The second-order valence-corrected chi connectivity index (χ2v) is 2.21. The Hall–Kier alpha value is -0.120. The molecule has 0 saturated carbocycles. The van der Waals surface area contributed by atoms with Crippen molar-refractivity contribution in [3.63, 3.8) is 0 Å². The van der Waals surface area contributed by atoms with Crippen LogP contribution in [0.5, 0.6) is 0 Å². The first kappa shape index (κ1) is 7.88. The molecule has 0 aliphatic rings. The molecule has 0 aromatic carbocycles. The minimum absolute atomic E-state index is 0.690. The zero-order valence-corrected chi connectivity index (χ0v) is 5.83. The maximum Gasteiger partial charge on any atom is 0.153 e. The fourth-order valence-electron chi connectivity index (χ4n) is 0.173. The van der Waals surface area contributed by atoms with E-state index in [0.717, 1.165) is 7.11 Å². The van der Waals surface area contributed by atoms with Crippen LogP contribution < -0.4 is 0 Å². The van der Waals surface area contributed by atoms with E-state index in [4.69, 9.17) is 16.7 Å². The van der Waals surface area contributed by atoms with Gasteiger partial charge in [-0.1, -0.05) is 22.9 Å². The largest absolute Gasteiger partial charge is 0.400 e. The van der Waals surface area contributed by atoms with Gasteiger partial charge in [0.2, 0.25) is 0 Å². The number of hydrogen-bond acceptors (Lipinski definition) is 3. The lowest BCUT2D eigenvalue weighted by Crippen LogP contribution is -1.42. The zero-order chi connectivity index (χ0) is 6.41. The van der Waals surface area contributed by atoms with Crippen molar-refractivity contribution in [2.45, 2.75) is 0 Å². The SMILES string of the molecule is CO.Clc1cn[c]s1. The highest BCUT2D eigenvalue weighted by Gasteiger charge is 1.80. The smallest absolute Gasteiger partial charge is 0.153 e. The van der Waals surface area contributed by atoms with E-state index in [1.165, 1.54) is 11.3 Å². The van der Waals surface area contributed by atoms with Crippen LogP contribution in [0.15, 0.2) is 6.20 Å². The van der Waals surface area contributed by atoms with E-state index >= 15 is 0 Å². The Morgan fingerprint density at radius 2 is 2.50 bits per heavy atom. The van der Waals surface area contributed by atoms with Crippen molar-refractivity contribution in [3.8, 4) is 0 Å². The second kappa shape index (κ2) is 5.03. The van der Waals surface area contributed by atoms with Gasteiger partial charge in [0.1, 0.15) is 4.34 Å². The highest BCUT2D eigenvalue weighted by Crippen LogP contribution is 2.10. The summed E-state index contributed by atoms with van der Waals surface area (Å²) in [6, 6.07) is 0. The van der Waals surface area contributed by atoms with Crippen LogP contribution in [0.25, 0.3) is 0 Å². The summed E-state index contributed by atoms with van der Waals surface area (Å²) in [7, 11) is 1.00. The van der Waals surface area contributed by atoms with Gasteiger partial charge in [-0.25, -0.2) is 4.98 Å². The molecule has 1 aromatic heterocycles. The monoisotopic (exact) mass is 150 g/mol. The Morgan fingerprint density at radius 3 is 2.62 bits per heavy atom. The molecule has 0 saturated heterocycles. The summed E-state index contributed by atoms with van der Waals surface area (Å²) < 4.78 is 0.690. The normalized spacial score (nSPS) is 7.38. The first-order valence-electron chi connectivity index (χ1n) is 1.81. The molecule has 1 aromatic rings. The lowest BCUT2D eigenvalue weighted by atomic mass is 11.0. The van der Waals surface area contributed by atoms with E-state index in [9.17, 15) is 0 Å². The van der Waals surface area contributed by atoms with Gasteiger partial charge in [0.05, 0.1) is 6.20 Å². The number of hydrogen-bond donors (Lipinski definition) is 1. The zero-order valence-electron chi connectivity index (χ0n) is 4.26. The molecule has 1 N–H and O–H groups in total.